The third kappa shape index (κ3) is 2.01. The quantitative estimate of drug-likeness (QED) is 0.896. The molecule has 0 bridgehead atoms. The zero-order valence-electron chi connectivity index (χ0n) is 10.5. The van der Waals surface area contributed by atoms with Gasteiger partial charge in [0.2, 0.25) is 5.91 Å². The molecule has 1 aromatic carbocycles. The van der Waals surface area contributed by atoms with E-state index in [4.69, 9.17) is 4.42 Å². The Balaban J connectivity index is 1.70. The van der Waals surface area contributed by atoms with Gasteiger partial charge in [0.1, 0.15) is 5.58 Å². The Hall–Kier alpha value is -1.77. The van der Waals surface area contributed by atoms with Gasteiger partial charge in [0, 0.05) is 18.4 Å². The highest BCUT2D eigenvalue weighted by atomic mass is 16.3. The summed E-state index contributed by atoms with van der Waals surface area (Å²) in [4.78, 5) is 11.2. The summed E-state index contributed by atoms with van der Waals surface area (Å²) in [6, 6.07) is 8.28. The van der Waals surface area contributed by atoms with Crippen LogP contribution in [0.5, 0.6) is 0 Å². The molecule has 1 N–H and O–H groups in total. The van der Waals surface area contributed by atoms with Gasteiger partial charge in [-0.2, -0.15) is 0 Å². The van der Waals surface area contributed by atoms with E-state index in [9.17, 15) is 4.79 Å². The Bertz CT molecular complexity index is 573. The second-order valence-corrected chi connectivity index (χ2v) is 4.95. The first-order chi connectivity index (χ1) is 8.79. The molecule has 1 heterocycles. The monoisotopic (exact) mass is 243 g/mol. The molecule has 1 aliphatic carbocycles. The zero-order valence-corrected chi connectivity index (χ0v) is 10.5. The van der Waals surface area contributed by atoms with Gasteiger partial charge in [-0.3, -0.25) is 4.79 Å². The maximum absolute atomic E-state index is 11.2. The number of amides is 1. The molecule has 1 fully saturated rings. The third-order valence-electron chi connectivity index (χ3n) is 3.71. The fourth-order valence-electron chi connectivity index (χ4n) is 2.53. The van der Waals surface area contributed by atoms with Crippen LogP contribution in [0.4, 0.5) is 0 Å². The van der Waals surface area contributed by atoms with Crippen molar-refractivity contribution >= 4 is 16.9 Å². The van der Waals surface area contributed by atoms with Crippen LogP contribution in [0, 0.1) is 5.92 Å². The van der Waals surface area contributed by atoms with Gasteiger partial charge in [-0.05, 0) is 29.9 Å². The van der Waals surface area contributed by atoms with E-state index < -0.39 is 0 Å². The number of fused-ring (bicyclic) bond motifs is 1. The topological polar surface area (TPSA) is 42.2 Å². The molecule has 3 nitrogen and oxygen atoms in total. The molecule has 0 saturated heterocycles. The summed E-state index contributed by atoms with van der Waals surface area (Å²) in [5, 5.41) is 4.13. The van der Waals surface area contributed by atoms with Crippen LogP contribution in [0.3, 0.4) is 0 Å². The van der Waals surface area contributed by atoms with Crippen LogP contribution in [0.25, 0.3) is 11.0 Å². The van der Waals surface area contributed by atoms with Crippen molar-refractivity contribution in [2.24, 2.45) is 5.92 Å². The first-order valence-corrected chi connectivity index (χ1v) is 6.52. The molecule has 1 aliphatic rings. The summed E-state index contributed by atoms with van der Waals surface area (Å²) in [7, 11) is 0. The van der Waals surface area contributed by atoms with Crippen LogP contribution in [0.1, 0.15) is 31.2 Å². The molecule has 0 aliphatic heterocycles. The second-order valence-electron chi connectivity index (χ2n) is 4.95. The molecule has 1 aromatic heterocycles. The molecule has 3 heteroatoms. The summed E-state index contributed by atoms with van der Waals surface area (Å²) >= 11 is 0. The summed E-state index contributed by atoms with van der Waals surface area (Å²) in [5.41, 5.74) is 2.29. The van der Waals surface area contributed by atoms with Gasteiger partial charge in [-0.1, -0.05) is 25.1 Å². The summed E-state index contributed by atoms with van der Waals surface area (Å²) in [6.45, 7) is 2.66. The molecular weight excluding hydrogens is 226 g/mol. The highest BCUT2D eigenvalue weighted by molar-refractivity contribution is 5.81. The van der Waals surface area contributed by atoms with E-state index in [1.54, 1.807) is 6.26 Å². The highest BCUT2D eigenvalue weighted by Gasteiger charge is 2.39. The second kappa shape index (κ2) is 4.48. The molecule has 94 valence electrons. The average molecular weight is 243 g/mol. The number of hydrogen-bond acceptors (Lipinski definition) is 2. The number of nitrogens with one attached hydrogen (secondary N) is 1. The summed E-state index contributed by atoms with van der Waals surface area (Å²) in [6.07, 6.45) is 3.44. The normalized spacial score (nSPS) is 22.1. The number of furan rings is 1. The van der Waals surface area contributed by atoms with Crippen LogP contribution < -0.4 is 5.32 Å². The fraction of sp³-hybridized carbons (Fsp3) is 0.400. The van der Waals surface area contributed by atoms with Crippen molar-refractivity contribution in [2.75, 3.05) is 6.54 Å². The standard InChI is InChI=1S/C15H17NO2/c1-2-14(17)16-9-11-8-13(11)12-5-3-4-10-6-7-18-15(10)12/h3-7,11,13H,2,8-9H2,1H3,(H,16,17)/t11-,13+/m0/s1. The van der Waals surface area contributed by atoms with E-state index in [-0.39, 0.29) is 5.91 Å². The first kappa shape index (κ1) is 11.3. The number of carbonyl (C=O) groups excluding carboxylic acids is 1. The third-order valence-corrected chi connectivity index (χ3v) is 3.71. The fourth-order valence-corrected chi connectivity index (χ4v) is 2.53. The van der Waals surface area contributed by atoms with Gasteiger partial charge in [-0.25, -0.2) is 0 Å². The predicted octanol–water partition coefficient (Wildman–Crippen LogP) is 3.06. The van der Waals surface area contributed by atoms with Gasteiger partial charge in [0.05, 0.1) is 6.26 Å². The van der Waals surface area contributed by atoms with E-state index in [0.717, 1.165) is 23.9 Å². The van der Waals surface area contributed by atoms with Crippen molar-refractivity contribution in [1.82, 2.24) is 5.32 Å². The molecule has 1 saturated carbocycles. The van der Waals surface area contributed by atoms with Gasteiger partial charge in [-0.15, -0.1) is 0 Å². The Labute approximate surface area is 106 Å². The van der Waals surface area contributed by atoms with E-state index >= 15 is 0 Å². The summed E-state index contributed by atoms with van der Waals surface area (Å²) in [5.74, 6) is 1.24. The van der Waals surface area contributed by atoms with Crippen molar-refractivity contribution in [2.45, 2.75) is 25.7 Å². The molecular formula is C15H17NO2. The van der Waals surface area contributed by atoms with E-state index in [2.05, 4.69) is 23.5 Å². The highest BCUT2D eigenvalue weighted by Crippen LogP contribution is 2.49. The SMILES string of the molecule is CCC(=O)NC[C@@H]1C[C@H]1c1cccc2ccoc12. The van der Waals surface area contributed by atoms with Crippen LogP contribution >= 0.6 is 0 Å². The number of hydrogen-bond donors (Lipinski definition) is 1. The minimum atomic E-state index is 0.136. The minimum absolute atomic E-state index is 0.136. The first-order valence-electron chi connectivity index (χ1n) is 6.52. The van der Waals surface area contributed by atoms with Gasteiger partial charge in [0.15, 0.2) is 0 Å². The van der Waals surface area contributed by atoms with Gasteiger partial charge in [0.25, 0.3) is 0 Å². The number of rotatable bonds is 4. The minimum Gasteiger partial charge on any atom is -0.464 e. The smallest absolute Gasteiger partial charge is 0.219 e. The van der Waals surface area contributed by atoms with Crippen LogP contribution in [-0.2, 0) is 4.79 Å². The van der Waals surface area contributed by atoms with Gasteiger partial charge >= 0.3 is 0 Å². The van der Waals surface area contributed by atoms with E-state index in [1.165, 1.54) is 5.56 Å². The molecule has 0 spiro atoms. The molecule has 0 unspecified atom stereocenters. The van der Waals surface area contributed by atoms with Crippen molar-refractivity contribution in [3.05, 3.63) is 36.1 Å². The molecule has 1 amide bonds. The van der Waals surface area contributed by atoms with Crippen molar-refractivity contribution in [3.63, 3.8) is 0 Å². The summed E-state index contributed by atoms with van der Waals surface area (Å²) < 4.78 is 5.56. The zero-order chi connectivity index (χ0) is 12.5. The number of carbonyl (C=O) groups is 1. The Morgan fingerprint density at radius 1 is 1.44 bits per heavy atom. The van der Waals surface area contributed by atoms with Crippen molar-refractivity contribution < 1.29 is 9.21 Å². The van der Waals surface area contributed by atoms with E-state index in [1.807, 2.05) is 13.0 Å². The Kier molecular flexibility index (Phi) is 2.82. The van der Waals surface area contributed by atoms with E-state index in [0.29, 0.717) is 18.3 Å². The number of benzene rings is 1. The molecule has 2 atom stereocenters. The molecule has 3 rings (SSSR count). The predicted molar refractivity (Wildman–Crippen MR) is 70.4 cm³/mol. The average Bonchev–Trinajstić information content (AvgIpc) is 3.00. The largest absolute Gasteiger partial charge is 0.464 e. The number of para-hydroxylation sites is 1. The van der Waals surface area contributed by atoms with Crippen LogP contribution in [0.2, 0.25) is 0 Å². The van der Waals surface area contributed by atoms with Crippen molar-refractivity contribution in [1.29, 1.82) is 0 Å². The van der Waals surface area contributed by atoms with Gasteiger partial charge < -0.3 is 9.73 Å². The molecule has 18 heavy (non-hydrogen) atoms. The Morgan fingerprint density at radius 2 is 2.33 bits per heavy atom. The molecule has 2 aromatic rings. The van der Waals surface area contributed by atoms with Crippen LogP contribution in [0.15, 0.2) is 34.9 Å². The molecule has 0 radical (unpaired) electrons. The lowest BCUT2D eigenvalue weighted by atomic mass is 10.1. The lowest BCUT2D eigenvalue weighted by Gasteiger charge is -2.03. The lowest BCUT2D eigenvalue weighted by Crippen LogP contribution is -2.24. The lowest BCUT2D eigenvalue weighted by molar-refractivity contribution is -0.120. The Morgan fingerprint density at radius 3 is 3.17 bits per heavy atom. The van der Waals surface area contributed by atoms with Crippen molar-refractivity contribution in [3.8, 4) is 0 Å². The maximum atomic E-state index is 11.2. The maximum Gasteiger partial charge on any atom is 0.219 e. The van der Waals surface area contributed by atoms with Crippen LogP contribution in [-0.4, -0.2) is 12.5 Å².